The summed E-state index contributed by atoms with van der Waals surface area (Å²) in [4.78, 5) is 28.5. The first kappa shape index (κ1) is 21.7. The molecule has 0 spiro atoms. The number of aryl methyl sites for hydroxylation is 1. The Kier molecular flexibility index (Phi) is 8.75. The maximum absolute atomic E-state index is 13.1. The number of carbonyl (C=O) groups is 2. The van der Waals surface area contributed by atoms with Gasteiger partial charge >= 0.3 is 0 Å². The van der Waals surface area contributed by atoms with Crippen molar-refractivity contribution >= 4 is 11.8 Å². The van der Waals surface area contributed by atoms with Gasteiger partial charge < -0.3 is 19.1 Å². The summed E-state index contributed by atoms with van der Waals surface area (Å²) in [7, 11) is 1.97. The lowest BCUT2D eigenvalue weighted by atomic mass is 10.2. The quantitative estimate of drug-likeness (QED) is 0.559. The van der Waals surface area contributed by atoms with Gasteiger partial charge in [0.05, 0.1) is 13.1 Å². The summed E-state index contributed by atoms with van der Waals surface area (Å²) in [5, 5.41) is 0. The Morgan fingerprint density at radius 2 is 1.79 bits per heavy atom. The number of aromatic nitrogens is 1. The first-order valence-electron chi connectivity index (χ1n) is 9.76. The van der Waals surface area contributed by atoms with Gasteiger partial charge in [0.15, 0.2) is 0 Å². The molecule has 0 saturated heterocycles. The van der Waals surface area contributed by atoms with Gasteiger partial charge in [-0.3, -0.25) is 9.59 Å². The van der Waals surface area contributed by atoms with E-state index in [-0.39, 0.29) is 18.4 Å². The van der Waals surface area contributed by atoms with E-state index in [1.165, 1.54) is 6.92 Å². The number of carbonyl (C=O) groups excluding carboxylic acids is 2. The van der Waals surface area contributed by atoms with Gasteiger partial charge in [0, 0.05) is 52.2 Å². The molecular weight excluding hydrogens is 354 g/mol. The third kappa shape index (κ3) is 6.85. The van der Waals surface area contributed by atoms with E-state index in [0.717, 1.165) is 17.7 Å². The molecule has 2 amide bonds. The Balaban J connectivity index is 2.07. The fourth-order valence-corrected chi connectivity index (χ4v) is 3.01. The summed E-state index contributed by atoms with van der Waals surface area (Å²) >= 11 is 0. The molecule has 0 aliphatic heterocycles. The third-order valence-corrected chi connectivity index (χ3v) is 4.67. The second kappa shape index (κ2) is 11.3. The number of hydrogen-bond acceptors (Lipinski definition) is 3. The third-order valence-electron chi connectivity index (χ3n) is 4.67. The zero-order valence-electron chi connectivity index (χ0n) is 17.1. The standard InChI is InChI=1S/C22H31N3O3/c1-4-28-15-9-14-24(19(2)26)18-22(27)25(16-20-10-6-5-7-11-20)17-21-12-8-13-23(21)3/h5-8,10-13H,4,9,14-18H2,1-3H3. The van der Waals surface area contributed by atoms with Crippen LogP contribution in [0.3, 0.4) is 0 Å². The Hall–Kier alpha value is -2.60. The van der Waals surface area contributed by atoms with Crippen LogP contribution < -0.4 is 0 Å². The van der Waals surface area contributed by atoms with E-state index in [4.69, 9.17) is 4.74 Å². The molecule has 2 aromatic rings. The van der Waals surface area contributed by atoms with E-state index in [1.54, 1.807) is 4.90 Å². The van der Waals surface area contributed by atoms with E-state index >= 15 is 0 Å². The fraction of sp³-hybridized carbons (Fsp3) is 0.455. The molecule has 6 heteroatoms. The molecule has 0 unspecified atom stereocenters. The fourth-order valence-electron chi connectivity index (χ4n) is 3.01. The van der Waals surface area contributed by atoms with Crippen molar-refractivity contribution < 1.29 is 14.3 Å². The summed E-state index contributed by atoms with van der Waals surface area (Å²) in [6, 6.07) is 13.9. The molecule has 0 N–H and O–H groups in total. The largest absolute Gasteiger partial charge is 0.382 e. The van der Waals surface area contributed by atoms with E-state index in [0.29, 0.717) is 32.8 Å². The van der Waals surface area contributed by atoms with Crippen LogP contribution in [0.15, 0.2) is 48.7 Å². The molecule has 0 fully saturated rings. The lowest BCUT2D eigenvalue weighted by Crippen LogP contribution is -2.42. The number of amides is 2. The summed E-state index contributed by atoms with van der Waals surface area (Å²) in [6.45, 7) is 6.30. The van der Waals surface area contributed by atoms with Crippen LogP contribution in [0.4, 0.5) is 0 Å². The molecule has 0 saturated carbocycles. The number of benzene rings is 1. The average molecular weight is 386 g/mol. The minimum Gasteiger partial charge on any atom is -0.382 e. The number of nitrogens with zero attached hydrogens (tertiary/aromatic N) is 3. The molecule has 6 nitrogen and oxygen atoms in total. The van der Waals surface area contributed by atoms with Gasteiger partial charge in [0.2, 0.25) is 11.8 Å². The molecule has 1 aromatic heterocycles. The molecule has 152 valence electrons. The second-order valence-electron chi connectivity index (χ2n) is 6.84. The highest BCUT2D eigenvalue weighted by atomic mass is 16.5. The zero-order chi connectivity index (χ0) is 20.4. The lowest BCUT2D eigenvalue weighted by Gasteiger charge is -2.27. The van der Waals surface area contributed by atoms with Gasteiger partial charge in [-0.05, 0) is 31.0 Å². The van der Waals surface area contributed by atoms with Crippen molar-refractivity contribution in [3.05, 3.63) is 59.9 Å². The highest BCUT2D eigenvalue weighted by Crippen LogP contribution is 2.12. The van der Waals surface area contributed by atoms with Crippen molar-refractivity contribution in [2.45, 2.75) is 33.4 Å². The van der Waals surface area contributed by atoms with E-state index in [9.17, 15) is 9.59 Å². The number of rotatable bonds is 11. The van der Waals surface area contributed by atoms with Gasteiger partial charge in [0.25, 0.3) is 0 Å². The van der Waals surface area contributed by atoms with Crippen molar-refractivity contribution in [2.24, 2.45) is 7.05 Å². The lowest BCUT2D eigenvalue weighted by molar-refractivity contribution is -0.140. The van der Waals surface area contributed by atoms with Crippen molar-refractivity contribution in [1.29, 1.82) is 0 Å². The Morgan fingerprint density at radius 1 is 1.04 bits per heavy atom. The molecule has 0 atom stereocenters. The molecule has 1 aromatic carbocycles. The Labute approximate surface area is 167 Å². The first-order valence-corrected chi connectivity index (χ1v) is 9.76. The minimum atomic E-state index is -0.0941. The van der Waals surface area contributed by atoms with Crippen LogP contribution in [0.2, 0.25) is 0 Å². The van der Waals surface area contributed by atoms with Gasteiger partial charge in [-0.2, -0.15) is 0 Å². The van der Waals surface area contributed by atoms with Gasteiger partial charge in [-0.25, -0.2) is 0 Å². The predicted molar refractivity (Wildman–Crippen MR) is 109 cm³/mol. The van der Waals surface area contributed by atoms with E-state index in [1.807, 2.05) is 72.1 Å². The molecule has 0 aliphatic rings. The summed E-state index contributed by atoms with van der Waals surface area (Å²) in [5.41, 5.74) is 2.12. The molecule has 2 rings (SSSR count). The maximum Gasteiger partial charge on any atom is 0.242 e. The van der Waals surface area contributed by atoms with Gasteiger partial charge in [-0.15, -0.1) is 0 Å². The van der Waals surface area contributed by atoms with Crippen molar-refractivity contribution in [1.82, 2.24) is 14.4 Å². The second-order valence-corrected chi connectivity index (χ2v) is 6.84. The zero-order valence-corrected chi connectivity index (χ0v) is 17.1. The van der Waals surface area contributed by atoms with E-state index < -0.39 is 0 Å². The number of ether oxygens (including phenoxy) is 1. The van der Waals surface area contributed by atoms with Crippen LogP contribution in [0.25, 0.3) is 0 Å². The summed E-state index contributed by atoms with van der Waals surface area (Å²) in [6.07, 6.45) is 2.69. The Morgan fingerprint density at radius 3 is 2.39 bits per heavy atom. The van der Waals surface area contributed by atoms with E-state index in [2.05, 4.69) is 0 Å². The Bertz CT molecular complexity index is 742. The topological polar surface area (TPSA) is 54.8 Å². The van der Waals surface area contributed by atoms with Crippen LogP contribution >= 0.6 is 0 Å². The molecular formula is C22H31N3O3. The monoisotopic (exact) mass is 385 g/mol. The van der Waals surface area contributed by atoms with Crippen LogP contribution in [0.1, 0.15) is 31.5 Å². The predicted octanol–water partition coefficient (Wildman–Crippen LogP) is 2.83. The molecule has 28 heavy (non-hydrogen) atoms. The van der Waals surface area contributed by atoms with Crippen molar-refractivity contribution in [3.8, 4) is 0 Å². The normalized spacial score (nSPS) is 10.7. The molecule has 0 radical (unpaired) electrons. The van der Waals surface area contributed by atoms with Crippen LogP contribution in [0, 0.1) is 0 Å². The summed E-state index contributed by atoms with van der Waals surface area (Å²) < 4.78 is 7.35. The highest BCUT2D eigenvalue weighted by molar-refractivity contribution is 5.83. The van der Waals surface area contributed by atoms with Gasteiger partial charge in [0.1, 0.15) is 0 Å². The molecule has 1 heterocycles. The maximum atomic E-state index is 13.1. The first-order chi connectivity index (χ1) is 13.5. The van der Waals surface area contributed by atoms with Crippen LogP contribution in [0.5, 0.6) is 0 Å². The van der Waals surface area contributed by atoms with Gasteiger partial charge in [-0.1, -0.05) is 30.3 Å². The van der Waals surface area contributed by atoms with Crippen LogP contribution in [-0.4, -0.2) is 52.5 Å². The number of hydrogen-bond donors (Lipinski definition) is 0. The van der Waals surface area contributed by atoms with Crippen molar-refractivity contribution in [2.75, 3.05) is 26.3 Å². The molecule has 0 aliphatic carbocycles. The average Bonchev–Trinajstić information content (AvgIpc) is 3.09. The minimum absolute atomic E-state index is 0.0586. The molecule has 0 bridgehead atoms. The summed E-state index contributed by atoms with van der Waals surface area (Å²) in [5.74, 6) is -0.153. The van der Waals surface area contributed by atoms with Crippen molar-refractivity contribution in [3.63, 3.8) is 0 Å². The highest BCUT2D eigenvalue weighted by Gasteiger charge is 2.20. The van der Waals surface area contributed by atoms with Crippen LogP contribution in [-0.2, 0) is 34.5 Å². The SMILES string of the molecule is CCOCCCN(CC(=O)N(Cc1ccccc1)Cc1cccn1C)C(C)=O. The smallest absolute Gasteiger partial charge is 0.242 e.